The number of carbonyl (C=O) groups is 2. The van der Waals surface area contributed by atoms with Crippen molar-refractivity contribution in [3.05, 3.63) is 45.6 Å². The zero-order valence-electron chi connectivity index (χ0n) is 28.3. The van der Waals surface area contributed by atoms with Gasteiger partial charge in [-0.15, -0.1) is 0 Å². The number of aliphatic hydroxyl groups excluding tert-OH is 1. The summed E-state index contributed by atoms with van der Waals surface area (Å²) in [5.74, 6) is -0.456. The molecule has 0 aliphatic heterocycles. The minimum absolute atomic E-state index is 0. The molecule has 0 rings (SSSR count). The van der Waals surface area contributed by atoms with Gasteiger partial charge in [-0.25, -0.2) is 4.79 Å². The molecule has 0 aromatic rings. The first-order chi connectivity index (χ1) is 18.9. The second-order valence-corrected chi connectivity index (χ2v) is 23.0. The van der Waals surface area contributed by atoms with Crippen molar-refractivity contribution in [3.8, 4) is 0 Å². The summed E-state index contributed by atoms with van der Waals surface area (Å²) in [7, 11) is -4.55. The standard InChI is InChI=1S/C27H53NO6Si2.3CO.Fe/c1-15-16-17-18-20(29)22(28-24(31)33-25(2,3)4)23(30)21(34-36(13,14)27(8,9)10)19-32-35(11,12)26(5,6)7;3*1-2;/h15-18,21-23,30H,19H2,1-14H3,(H,28,31);;;;/t21-,22+,23-;;;;/m1..../s1. The summed E-state index contributed by atoms with van der Waals surface area (Å²) in [5, 5.41) is 14.0. The molecule has 0 bridgehead atoms. The molecule has 10 nitrogen and oxygen atoms in total. The van der Waals surface area contributed by atoms with Gasteiger partial charge in [-0.2, -0.15) is 0 Å². The molecule has 0 saturated carbocycles. The molecule has 248 valence electrons. The molecule has 0 aliphatic carbocycles. The minimum atomic E-state index is -2.37. The van der Waals surface area contributed by atoms with Gasteiger partial charge >= 0.3 is 40.0 Å². The van der Waals surface area contributed by atoms with Gasteiger partial charge in [-0.05, 0) is 76.3 Å². The van der Waals surface area contributed by atoms with Crippen LogP contribution in [0.25, 0.3) is 0 Å². The van der Waals surface area contributed by atoms with Crippen LogP contribution in [0.15, 0.2) is 0 Å². The van der Waals surface area contributed by atoms with Crippen molar-refractivity contribution in [2.75, 3.05) is 6.61 Å². The molecule has 1 amide bonds. The van der Waals surface area contributed by atoms with Crippen LogP contribution >= 0.6 is 0 Å². The van der Waals surface area contributed by atoms with Crippen LogP contribution in [0.2, 0.25) is 36.3 Å². The van der Waals surface area contributed by atoms with E-state index in [-0.39, 0.29) is 33.8 Å². The number of hydrogen-bond acceptors (Lipinski definition) is 6. The first-order valence-corrected chi connectivity index (χ1v) is 19.2. The molecule has 3 atom stereocenters. The van der Waals surface area contributed by atoms with Crippen LogP contribution in [0, 0.1) is 45.6 Å². The first kappa shape index (κ1) is 51.6. The van der Waals surface area contributed by atoms with Crippen LogP contribution in [0.3, 0.4) is 0 Å². The Morgan fingerprint density at radius 2 is 1.26 bits per heavy atom. The van der Waals surface area contributed by atoms with Gasteiger partial charge in [0.25, 0.3) is 0 Å². The average Bonchev–Trinajstić information content (AvgIpc) is 2.86. The Balaban J connectivity index is -0.000000643. The van der Waals surface area contributed by atoms with Crippen molar-refractivity contribution in [1.82, 2.24) is 5.32 Å². The Bertz CT molecular complexity index is 826. The van der Waals surface area contributed by atoms with Crippen LogP contribution in [0.4, 0.5) is 4.79 Å². The van der Waals surface area contributed by atoms with Crippen molar-refractivity contribution < 1.29 is 59.3 Å². The third kappa shape index (κ3) is 21.4. The Morgan fingerprint density at radius 1 is 0.837 bits per heavy atom. The maximum atomic E-state index is 13.2. The number of rotatable bonds is 13. The maximum Gasteiger partial charge on any atom is 0 e. The number of ketones is 1. The molecule has 43 heavy (non-hydrogen) atoms. The molecule has 0 aromatic heterocycles. The molecule has 0 fully saturated rings. The summed E-state index contributed by atoms with van der Waals surface area (Å²) in [6.07, 6.45) is 3.46. The van der Waals surface area contributed by atoms with E-state index in [1.165, 1.54) is 6.42 Å². The summed E-state index contributed by atoms with van der Waals surface area (Å²) < 4.78 is 40.9. The second kappa shape index (κ2) is 23.3. The number of carbonyl (C=O) groups excluding carboxylic acids is 2. The van der Waals surface area contributed by atoms with Gasteiger partial charge in [0.2, 0.25) is 0 Å². The van der Waals surface area contributed by atoms with Gasteiger partial charge in [-0.3, -0.25) is 4.79 Å². The molecule has 2 N–H and O–H groups in total. The molecule has 0 unspecified atom stereocenters. The fourth-order valence-corrected chi connectivity index (χ4v) is 4.94. The quantitative estimate of drug-likeness (QED) is 0.106. The van der Waals surface area contributed by atoms with E-state index < -0.39 is 52.4 Å². The average molecular weight is 684 g/mol. The molecular formula is C30H53FeNO9Si2. The third-order valence-electron chi connectivity index (χ3n) is 6.93. The van der Waals surface area contributed by atoms with Gasteiger partial charge in [0.1, 0.15) is 17.7 Å². The second-order valence-electron chi connectivity index (χ2n) is 13.4. The van der Waals surface area contributed by atoms with E-state index in [4.69, 9.17) is 27.5 Å². The van der Waals surface area contributed by atoms with E-state index >= 15 is 0 Å². The van der Waals surface area contributed by atoms with Crippen LogP contribution in [-0.4, -0.2) is 64.1 Å². The van der Waals surface area contributed by atoms with Crippen molar-refractivity contribution in [2.24, 2.45) is 0 Å². The Morgan fingerprint density at radius 3 is 1.60 bits per heavy atom. The minimum Gasteiger partial charge on any atom is 0 e. The number of alkyl carbamates (subject to hydrolysis) is 1. The molecule has 13 heteroatoms. The van der Waals surface area contributed by atoms with Gasteiger partial charge in [0, 0.05) is 23.5 Å². The summed E-state index contributed by atoms with van der Waals surface area (Å²) in [6, 6.07) is -1.26. The van der Waals surface area contributed by atoms with Crippen LogP contribution in [0.1, 0.15) is 69.2 Å². The fraction of sp³-hybridized carbons (Fsp3) is 0.700. The van der Waals surface area contributed by atoms with Crippen LogP contribution < -0.4 is 5.32 Å². The van der Waals surface area contributed by atoms with E-state index in [9.17, 15) is 14.7 Å². The first-order valence-electron chi connectivity index (χ1n) is 13.4. The van der Waals surface area contributed by atoms with Crippen molar-refractivity contribution >= 4 is 28.5 Å². The van der Waals surface area contributed by atoms with E-state index in [0.29, 0.717) is 0 Å². The zero-order chi connectivity index (χ0) is 34.8. The number of unbranched alkanes of at least 4 members (excludes halogenated alkanes) is 2. The predicted octanol–water partition coefficient (Wildman–Crippen LogP) is 5.94. The summed E-state index contributed by atoms with van der Waals surface area (Å²) >= 11 is 0. The number of aliphatic hydroxyl groups is 1. The number of Topliss-reactive ketones (excluding diaryl/α,β-unsaturated/α-hetero) is 1. The third-order valence-corrected chi connectivity index (χ3v) is 15.9. The normalized spacial score (nSPS) is 13.8. The largest absolute Gasteiger partial charge is 0 e. The van der Waals surface area contributed by atoms with Crippen molar-refractivity contribution in [3.63, 3.8) is 0 Å². The SMILES string of the molecule is C[CH][CH][CH][CH]C(=O)[C@H](NC(=O)OC(C)(C)C)[C@H](O)[C@@H](CO[Si](C)(C)C(C)(C)C)O[Si](C)(C)C(C)(C)C.[C-]#[O+].[C-]#[O+].[C-]#[O+].[Fe]. The molecule has 4 radical (unpaired) electrons. The smallest absolute Gasteiger partial charge is 0 e. The van der Waals surface area contributed by atoms with Gasteiger partial charge in [0.15, 0.2) is 22.4 Å². The number of hydrogen-bond donors (Lipinski definition) is 2. The topological polar surface area (TPSA) is 154 Å². The van der Waals surface area contributed by atoms with E-state index in [2.05, 4.69) is 93.0 Å². The zero-order valence-corrected chi connectivity index (χ0v) is 31.4. The summed E-state index contributed by atoms with van der Waals surface area (Å²) in [5.41, 5.74) is -0.758. The Kier molecular flexibility index (Phi) is 28.0. The van der Waals surface area contributed by atoms with Gasteiger partial charge in [-0.1, -0.05) is 48.5 Å². The summed E-state index contributed by atoms with van der Waals surface area (Å²) in [4.78, 5) is 25.8. The number of amides is 1. The predicted molar refractivity (Wildman–Crippen MR) is 164 cm³/mol. The monoisotopic (exact) mass is 683 g/mol. The Labute approximate surface area is 274 Å². The Hall–Kier alpha value is -1.01. The van der Waals surface area contributed by atoms with E-state index in [1.807, 2.05) is 6.92 Å². The fourth-order valence-electron chi connectivity index (χ4n) is 2.60. The van der Waals surface area contributed by atoms with Crippen molar-refractivity contribution in [1.29, 1.82) is 0 Å². The van der Waals surface area contributed by atoms with E-state index in [0.717, 1.165) is 0 Å². The maximum absolute atomic E-state index is 13.2. The van der Waals surface area contributed by atoms with Gasteiger partial charge < -0.3 is 24.0 Å². The van der Waals surface area contributed by atoms with Crippen LogP contribution in [-0.2, 0) is 49.4 Å². The molecule has 0 saturated heterocycles. The molecule has 0 aromatic carbocycles. The van der Waals surface area contributed by atoms with Crippen molar-refractivity contribution in [2.45, 2.75) is 129 Å². The summed E-state index contributed by atoms with van der Waals surface area (Å²) in [6.45, 7) is 41.8. The molecule has 0 spiro atoms. The van der Waals surface area contributed by atoms with Crippen LogP contribution in [0.5, 0.6) is 0 Å². The molecular weight excluding hydrogens is 630 g/mol. The molecule has 0 heterocycles. The number of ether oxygens (including phenoxy) is 1. The van der Waals surface area contributed by atoms with E-state index in [1.54, 1.807) is 40.0 Å². The number of nitrogens with one attached hydrogen (secondary N) is 1. The molecule has 0 aliphatic rings. The van der Waals surface area contributed by atoms with Gasteiger partial charge in [0.05, 0.1) is 12.7 Å².